The third kappa shape index (κ3) is 5.39. The molecule has 0 bridgehead atoms. The van der Waals surface area contributed by atoms with Crippen LogP contribution in [0.5, 0.6) is 5.75 Å². The maximum Gasteiger partial charge on any atom is 0.412 e. The number of hydrogen-bond donors (Lipinski definition) is 1. The standard InChI is InChI=1S/C29H33N5O3/c35-29(37-27-10-13-30-25-4-2-1-3-23(25)27)32-22-7-5-21(6-8-22)11-15-33-16-18-34(19-17-33)28-24-12-20-36-26(24)9-14-31-28/h1-4,9-10,12-14,20-22H,5-8,11,15-19H2,(H,32,35)/t21-,22-. The molecule has 1 saturated heterocycles. The van der Waals surface area contributed by atoms with Crippen LogP contribution >= 0.6 is 0 Å². The molecule has 1 aliphatic carbocycles. The molecule has 192 valence electrons. The second kappa shape index (κ2) is 10.8. The van der Waals surface area contributed by atoms with Crippen molar-refractivity contribution in [3.63, 3.8) is 0 Å². The number of amides is 1. The molecule has 4 heterocycles. The number of para-hydroxylation sites is 1. The van der Waals surface area contributed by atoms with Crippen molar-refractivity contribution in [1.29, 1.82) is 0 Å². The van der Waals surface area contributed by atoms with Gasteiger partial charge in [-0.2, -0.15) is 0 Å². The number of nitrogens with zero attached hydrogens (tertiary/aromatic N) is 4. The van der Waals surface area contributed by atoms with E-state index in [1.165, 1.54) is 6.42 Å². The van der Waals surface area contributed by atoms with Crippen molar-refractivity contribution in [3.8, 4) is 5.75 Å². The molecule has 37 heavy (non-hydrogen) atoms. The van der Waals surface area contributed by atoms with Crippen LogP contribution in [0.25, 0.3) is 21.9 Å². The lowest BCUT2D eigenvalue weighted by atomic mass is 9.84. The molecule has 1 saturated carbocycles. The molecule has 2 fully saturated rings. The summed E-state index contributed by atoms with van der Waals surface area (Å²) >= 11 is 0. The van der Waals surface area contributed by atoms with Crippen LogP contribution in [-0.2, 0) is 0 Å². The SMILES string of the molecule is O=C(N[C@H]1CC[C@H](CCN2CCN(c3nccc4occc34)CC2)CC1)Oc1ccnc2ccccc12. The normalized spacial score (nSPS) is 20.8. The van der Waals surface area contributed by atoms with Crippen LogP contribution in [0.2, 0.25) is 0 Å². The van der Waals surface area contributed by atoms with Crippen molar-refractivity contribution in [2.24, 2.45) is 5.92 Å². The molecule has 6 rings (SSSR count). The molecule has 8 nitrogen and oxygen atoms in total. The number of anilines is 1. The topological polar surface area (TPSA) is 83.7 Å². The Balaban J connectivity index is 0.921. The number of carbonyl (C=O) groups is 1. The van der Waals surface area contributed by atoms with Crippen LogP contribution in [0, 0.1) is 5.92 Å². The summed E-state index contributed by atoms with van der Waals surface area (Å²) in [6.07, 6.45) is 10.4. The lowest BCUT2D eigenvalue weighted by molar-refractivity contribution is 0.183. The first kappa shape index (κ1) is 23.7. The molecular formula is C29H33N5O3. The number of hydrogen-bond acceptors (Lipinski definition) is 7. The number of furan rings is 1. The minimum atomic E-state index is -0.377. The van der Waals surface area contributed by atoms with E-state index in [0.717, 1.165) is 92.0 Å². The molecule has 1 N–H and O–H groups in total. The van der Waals surface area contributed by atoms with Crippen LogP contribution in [0.4, 0.5) is 10.6 Å². The van der Waals surface area contributed by atoms with Crippen LogP contribution < -0.4 is 15.0 Å². The number of benzene rings is 1. The van der Waals surface area contributed by atoms with Gasteiger partial charge in [0.2, 0.25) is 0 Å². The third-order valence-electron chi connectivity index (χ3n) is 7.86. The molecule has 4 aromatic rings. The Morgan fingerprint density at radius 2 is 1.76 bits per heavy atom. The molecule has 1 aliphatic heterocycles. The van der Waals surface area contributed by atoms with Crippen molar-refractivity contribution in [1.82, 2.24) is 20.2 Å². The van der Waals surface area contributed by atoms with E-state index in [4.69, 9.17) is 9.15 Å². The van der Waals surface area contributed by atoms with Crippen LogP contribution in [0.1, 0.15) is 32.1 Å². The Labute approximate surface area is 216 Å². The third-order valence-corrected chi connectivity index (χ3v) is 7.86. The largest absolute Gasteiger partial charge is 0.464 e. The summed E-state index contributed by atoms with van der Waals surface area (Å²) in [5, 5.41) is 5.02. The minimum Gasteiger partial charge on any atom is -0.464 e. The second-order valence-corrected chi connectivity index (χ2v) is 10.2. The Morgan fingerprint density at radius 1 is 0.946 bits per heavy atom. The molecule has 8 heteroatoms. The predicted molar refractivity (Wildman–Crippen MR) is 144 cm³/mol. The highest BCUT2D eigenvalue weighted by molar-refractivity contribution is 5.88. The number of nitrogens with one attached hydrogen (secondary N) is 1. The summed E-state index contributed by atoms with van der Waals surface area (Å²) in [5.41, 5.74) is 1.72. The number of aromatic nitrogens is 2. The lowest BCUT2D eigenvalue weighted by Crippen LogP contribution is -2.47. The summed E-state index contributed by atoms with van der Waals surface area (Å²) in [5.74, 6) is 2.30. The number of rotatable bonds is 6. The van der Waals surface area contributed by atoms with Crippen molar-refractivity contribution < 1.29 is 13.9 Å². The van der Waals surface area contributed by atoms with E-state index >= 15 is 0 Å². The summed E-state index contributed by atoms with van der Waals surface area (Å²) < 4.78 is 11.2. The van der Waals surface area contributed by atoms with E-state index < -0.39 is 0 Å². The maximum absolute atomic E-state index is 12.6. The van der Waals surface area contributed by atoms with Gasteiger partial charge in [-0.05, 0) is 74.9 Å². The Bertz CT molecular complexity index is 1350. The fourth-order valence-electron chi connectivity index (χ4n) is 5.73. The highest BCUT2D eigenvalue weighted by Crippen LogP contribution is 2.29. The Morgan fingerprint density at radius 3 is 2.62 bits per heavy atom. The number of fused-ring (bicyclic) bond motifs is 2. The molecule has 0 unspecified atom stereocenters. The van der Waals surface area contributed by atoms with Crippen LogP contribution in [0.15, 0.2) is 65.5 Å². The van der Waals surface area contributed by atoms with Gasteiger partial charge in [-0.25, -0.2) is 9.78 Å². The zero-order valence-corrected chi connectivity index (χ0v) is 21.0. The van der Waals surface area contributed by atoms with Gasteiger partial charge in [0, 0.05) is 50.0 Å². The highest BCUT2D eigenvalue weighted by Gasteiger charge is 2.25. The summed E-state index contributed by atoms with van der Waals surface area (Å²) in [7, 11) is 0. The fourth-order valence-corrected chi connectivity index (χ4v) is 5.73. The smallest absolute Gasteiger partial charge is 0.412 e. The van der Waals surface area contributed by atoms with E-state index in [1.807, 2.05) is 42.6 Å². The lowest BCUT2D eigenvalue weighted by Gasteiger charge is -2.37. The van der Waals surface area contributed by atoms with Gasteiger partial charge >= 0.3 is 6.09 Å². The summed E-state index contributed by atoms with van der Waals surface area (Å²) in [6.45, 7) is 5.23. The summed E-state index contributed by atoms with van der Waals surface area (Å²) in [4.78, 5) is 26.4. The van der Waals surface area contributed by atoms with Crippen LogP contribution in [0.3, 0.4) is 0 Å². The number of piperazine rings is 1. The molecule has 2 aliphatic rings. The van der Waals surface area contributed by atoms with Gasteiger partial charge in [0.05, 0.1) is 17.2 Å². The predicted octanol–water partition coefficient (Wildman–Crippen LogP) is 5.24. The summed E-state index contributed by atoms with van der Waals surface area (Å²) in [6, 6.07) is 13.5. The van der Waals surface area contributed by atoms with Crippen molar-refractivity contribution in [2.75, 3.05) is 37.6 Å². The Kier molecular flexibility index (Phi) is 6.90. The first-order chi connectivity index (χ1) is 18.2. The zero-order valence-electron chi connectivity index (χ0n) is 21.0. The average molecular weight is 500 g/mol. The van der Waals surface area contributed by atoms with Gasteiger partial charge in [0.1, 0.15) is 17.2 Å². The monoisotopic (exact) mass is 499 g/mol. The Hall–Kier alpha value is -3.65. The molecule has 1 aromatic carbocycles. The number of carbonyl (C=O) groups excluding carboxylic acids is 1. The number of ether oxygens (including phenoxy) is 1. The molecule has 0 atom stereocenters. The molecule has 3 aromatic heterocycles. The van der Waals surface area contributed by atoms with Crippen molar-refractivity contribution in [2.45, 2.75) is 38.1 Å². The van der Waals surface area contributed by atoms with Crippen molar-refractivity contribution >= 4 is 33.8 Å². The maximum atomic E-state index is 12.6. The molecular weight excluding hydrogens is 466 g/mol. The zero-order chi connectivity index (χ0) is 25.0. The van der Waals surface area contributed by atoms with E-state index in [1.54, 1.807) is 18.5 Å². The van der Waals surface area contributed by atoms with Gasteiger partial charge in [-0.3, -0.25) is 9.88 Å². The number of pyridine rings is 2. The molecule has 0 spiro atoms. The second-order valence-electron chi connectivity index (χ2n) is 10.2. The van der Waals surface area contributed by atoms with Gasteiger partial charge in [0.25, 0.3) is 0 Å². The van der Waals surface area contributed by atoms with Gasteiger partial charge < -0.3 is 19.4 Å². The van der Waals surface area contributed by atoms with E-state index in [2.05, 4.69) is 25.1 Å². The fraction of sp³-hybridized carbons (Fsp3) is 0.414. The minimum absolute atomic E-state index is 0.179. The van der Waals surface area contributed by atoms with Gasteiger partial charge in [-0.1, -0.05) is 12.1 Å². The quantitative estimate of drug-likeness (QED) is 0.389. The van der Waals surface area contributed by atoms with Gasteiger partial charge in [0.15, 0.2) is 0 Å². The first-order valence-electron chi connectivity index (χ1n) is 13.3. The first-order valence-corrected chi connectivity index (χ1v) is 13.3. The van der Waals surface area contributed by atoms with Crippen molar-refractivity contribution in [3.05, 3.63) is 61.1 Å². The molecule has 0 radical (unpaired) electrons. The van der Waals surface area contributed by atoms with Crippen LogP contribution in [-0.4, -0.2) is 59.7 Å². The average Bonchev–Trinajstić information content (AvgIpc) is 3.43. The van der Waals surface area contributed by atoms with E-state index in [0.29, 0.717) is 5.75 Å². The molecule has 1 amide bonds. The van der Waals surface area contributed by atoms with E-state index in [9.17, 15) is 4.79 Å². The highest BCUT2D eigenvalue weighted by atomic mass is 16.6. The van der Waals surface area contributed by atoms with Gasteiger partial charge in [-0.15, -0.1) is 0 Å². The van der Waals surface area contributed by atoms with E-state index in [-0.39, 0.29) is 12.1 Å².